The smallest absolute Gasteiger partial charge is 0.119 e. The fraction of sp³-hybridized carbons (Fsp3) is 0.625. The molecule has 0 aromatic heterocycles. The summed E-state index contributed by atoms with van der Waals surface area (Å²) in [5.41, 5.74) is 1.27. The number of aliphatic hydroxyl groups excluding tert-OH is 2. The van der Waals surface area contributed by atoms with Gasteiger partial charge in [-0.05, 0) is 37.3 Å². The number of rotatable bonds is 10. The highest BCUT2D eigenvalue weighted by atomic mass is 32.2. The van der Waals surface area contributed by atoms with Crippen molar-refractivity contribution in [3.05, 3.63) is 29.8 Å². The SMILES string of the molecule is CCc1ccc(OCC(O)CNC(C)C(CO)SC)cc1. The Labute approximate surface area is 131 Å². The monoisotopic (exact) mass is 313 g/mol. The molecule has 0 amide bonds. The van der Waals surface area contributed by atoms with E-state index in [0.29, 0.717) is 6.54 Å². The van der Waals surface area contributed by atoms with Crippen LogP contribution >= 0.6 is 11.8 Å². The second-order valence-electron chi connectivity index (χ2n) is 5.12. The Kier molecular flexibility index (Phi) is 8.76. The number of aliphatic hydroxyl groups is 2. The molecular formula is C16H27NO3S. The lowest BCUT2D eigenvalue weighted by molar-refractivity contribution is 0.103. The number of hydrogen-bond acceptors (Lipinski definition) is 5. The van der Waals surface area contributed by atoms with Crippen molar-refractivity contribution in [2.45, 2.75) is 37.7 Å². The normalized spacial score (nSPS) is 15.5. The molecule has 0 aliphatic rings. The second-order valence-corrected chi connectivity index (χ2v) is 6.19. The van der Waals surface area contributed by atoms with E-state index in [1.807, 2.05) is 37.4 Å². The minimum atomic E-state index is -0.570. The first-order valence-corrected chi connectivity index (χ1v) is 8.66. The van der Waals surface area contributed by atoms with Gasteiger partial charge < -0.3 is 20.3 Å². The zero-order valence-corrected chi connectivity index (χ0v) is 13.9. The number of hydrogen-bond donors (Lipinski definition) is 3. The van der Waals surface area contributed by atoms with Crippen molar-refractivity contribution >= 4 is 11.8 Å². The standard InChI is InChI=1S/C16H27NO3S/c1-4-13-5-7-15(8-6-13)20-11-14(19)9-17-12(2)16(10-18)21-3/h5-8,12,14,16-19H,4,9-11H2,1-3H3. The Morgan fingerprint density at radius 1 is 1.29 bits per heavy atom. The van der Waals surface area contributed by atoms with Gasteiger partial charge in [0.2, 0.25) is 0 Å². The molecule has 0 radical (unpaired) electrons. The summed E-state index contributed by atoms with van der Waals surface area (Å²) in [5, 5.41) is 22.5. The molecule has 1 aromatic rings. The topological polar surface area (TPSA) is 61.7 Å². The molecule has 3 unspecified atom stereocenters. The third kappa shape index (κ3) is 6.70. The molecule has 1 rings (SSSR count). The maximum Gasteiger partial charge on any atom is 0.119 e. The zero-order valence-electron chi connectivity index (χ0n) is 13.1. The zero-order chi connectivity index (χ0) is 15.7. The number of thioether (sulfide) groups is 1. The van der Waals surface area contributed by atoms with Gasteiger partial charge in [-0.25, -0.2) is 0 Å². The maximum absolute atomic E-state index is 9.93. The summed E-state index contributed by atoms with van der Waals surface area (Å²) in [6, 6.07) is 8.07. The third-order valence-corrected chi connectivity index (χ3v) is 4.65. The van der Waals surface area contributed by atoms with Crippen molar-refractivity contribution in [2.75, 3.05) is 26.0 Å². The maximum atomic E-state index is 9.93. The average molecular weight is 313 g/mol. The molecule has 1 aromatic carbocycles. The van der Waals surface area contributed by atoms with E-state index in [4.69, 9.17) is 4.74 Å². The minimum Gasteiger partial charge on any atom is -0.491 e. The van der Waals surface area contributed by atoms with Crippen molar-refractivity contribution in [2.24, 2.45) is 0 Å². The van der Waals surface area contributed by atoms with Gasteiger partial charge in [0.15, 0.2) is 0 Å². The Bertz CT molecular complexity index is 382. The van der Waals surface area contributed by atoms with E-state index in [2.05, 4.69) is 12.2 Å². The Hall–Kier alpha value is -0.750. The molecule has 0 aliphatic carbocycles. The van der Waals surface area contributed by atoms with E-state index < -0.39 is 6.10 Å². The molecule has 0 aliphatic heterocycles. The lowest BCUT2D eigenvalue weighted by atomic mass is 10.2. The van der Waals surface area contributed by atoms with E-state index in [0.717, 1.165) is 12.2 Å². The van der Waals surface area contributed by atoms with Crippen LogP contribution in [0, 0.1) is 0 Å². The number of ether oxygens (including phenoxy) is 1. The van der Waals surface area contributed by atoms with Crippen molar-refractivity contribution in [1.29, 1.82) is 0 Å². The molecule has 0 heterocycles. The molecule has 4 nitrogen and oxygen atoms in total. The number of benzene rings is 1. The van der Waals surface area contributed by atoms with Crippen LogP contribution in [0.15, 0.2) is 24.3 Å². The third-order valence-electron chi connectivity index (χ3n) is 3.49. The van der Waals surface area contributed by atoms with Crippen LogP contribution < -0.4 is 10.1 Å². The highest BCUT2D eigenvalue weighted by molar-refractivity contribution is 7.99. The van der Waals surface area contributed by atoms with Gasteiger partial charge in [-0.3, -0.25) is 0 Å². The van der Waals surface area contributed by atoms with Gasteiger partial charge in [0, 0.05) is 17.8 Å². The largest absolute Gasteiger partial charge is 0.491 e. The number of nitrogens with one attached hydrogen (secondary N) is 1. The van der Waals surface area contributed by atoms with Gasteiger partial charge in [0.25, 0.3) is 0 Å². The predicted molar refractivity (Wildman–Crippen MR) is 89.2 cm³/mol. The summed E-state index contributed by atoms with van der Waals surface area (Å²) >= 11 is 1.62. The van der Waals surface area contributed by atoms with Crippen LogP contribution in [0.5, 0.6) is 5.75 Å². The quantitative estimate of drug-likeness (QED) is 0.614. The van der Waals surface area contributed by atoms with E-state index in [-0.39, 0.29) is 24.5 Å². The fourth-order valence-electron chi connectivity index (χ4n) is 1.96. The molecule has 0 fully saturated rings. The van der Waals surface area contributed by atoms with E-state index in [9.17, 15) is 10.2 Å². The van der Waals surface area contributed by atoms with E-state index in [1.54, 1.807) is 11.8 Å². The van der Waals surface area contributed by atoms with Crippen molar-refractivity contribution < 1.29 is 14.9 Å². The van der Waals surface area contributed by atoms with Gasteiger partial charge in [-0.15, -0.1) is 0 Å². The summed E-state index contributed by atoms with van der Waals surface area (Å²) in [5.74, 6) is 0.775. The van der Waals surface area contributed by atoms with E-state index >= 15 is 0 Å². The Morgan fingerprint density at radius 2 is 1.95 bits per heavy atom. The highest BCUT2D eigenvalue weighted by Crippen LogP contribution is 2.13. The van der Waals surface area contributed by atoms with Crippen LogP contribution in [0.2, 0.25) is 0 Å². The summed E-state index contributed by atoms with van der Waals surface area (Å²) in [7, 11) is 0. The summed E-state index contributed by atoms with van der Waals surface area (Å²) in [6.07, 6.45) is 2.41. The second kappa shape index (κ2) is 10.1. The van der Waals surface area contributed by atoms with Crippen LogP contribution in [0.4, 0.5) is 0 Å². The molecular weight excluding hydrogens is 286 g/mol. The Morgan fingerprint density at radius 3 is 2.48 bits per heavy atom. The van der Waals surface area contributed by atoms with Crippen LogP contribution in [0.1, 0.15) is 19.4 Å². The fourth-order valence-corrected chi connectivity index (χ4v) is 2.62. The first kappa shape index (κ1) is 18.3. The van der Waals surface area contributed by atoms with Crippen LogP contribution in [-0.2, 0) is 6.42 Å². The van der Waals surface area contributed by atoms with Crippen molar-refractivity contribution in [1.82, 2.24) is 5.32 Å². The van der Waals surface area contributed by atoms with Gasteiger partial charge in [0.1, 0.15) is 18.5 Å². The molecule has 0 spiro atoms. The molecule has 3 N–H and O–H groups in total. The molecule has 21 heavy (non-hydrogen) atoms. The van der Waals surface area contributed by atoms with Crippen LogP contribution in [0.25, 0.3) is 0 Å². The molecule has 0 saturated carbocycles. The summed E-state index contributed by atoms with van der Waals surface area (Å²) in [6.45, 7) is 4.96. The molecule has 0 saturated heterocycles. The minimum absolute atomic E-state index is 0.131. The molecule has 3 atom stereocenters. The number of aryl methyl sites for hydroxylation is 1. The van der Waals surface area contributed by atoms with Gasteiger partial charge in [-0.1, -0.05) is 19.1 Å². The van der Waals surface area contributed by atoms with Crippen LogP contribution in [-0.4, -0.2) is 53.6 Å². The van der Waals surface area contributed by atoms with Crippen LogP contribution in [0.3, 0.4) is 0 Å². The first-order valence-electron chi connectivity index (χ1n) is 7.37. The van der Waals surface area contributed by atoms with Gasteiger partial charge in [-0.2, -0.15) is 11.8 Å². The molecule has 120 valence electrons. The average Bonchev–Trinajstić information content (AvgIpc) is 2.52. The summed E-state index contributed by atoms with van der Waals surface area (Å²) < 4.78 is 5.57. The predicted octanol–water partition coefficient (Wildman–Crippen LogP) is 1.69. The van der Waals surface area contributed by atoms with Crippen molar-refractivity contribution in [3.63, 3.8) is 0 Å². The summed E-state index contributed by atoms with van der Waals surface area (Å²) in [4.78, 5) is 0. The van der Waals surface area contributed by atoms with E-state index in [1.165, 1.54) is 5.56 Å². The molecule has 0 bridgehead atoms. The lowest BCUT2D eigenvalue weighted by Crippen LogP contribution is -2.42. The van der Waals surface area contributed by atoms with Crippen molar-refractivity contribution in [3.8, 4) is 5.75 Å². The molecule has 5 heteroatoms. The van der Waals surface area contributed by atoms with Gasteiger partial charge >= 0.3 is 0 Å². The Balaban J connectivity index is 2.28. The van der Waals surface area contributed by atoms with Gasteiger partial charge in [0.05, 0.1) is 6.61 Å². The lowest BCUT2D eigenvalue weighted by Gasteiger charge is -2.23. The highest BCUT2D eigenvalue weighted by Gasteiger charge is 2.16. The first-order chi connectivity index (χ1) is 10.1.